The van der Waals surface area contributed by atoms with Crippen molar-refractivity contribution in [3.05, 3.63) is 12.2 Å². The third kappa shape index (κ3) is 23.4. The van der Waals surface area contributed by atoms with Crippen molar-refractivity contribution in [2.24, 2.45) is 53.1 Å². The SMILES string of the molecule is C/C=C/C[C@@H](C)[C@H](O)C(C(=O)N[C@H](CC)C(=O)N(C)CC(=O)N(C)[C@H](C(N)=O)C(C)CC)N(C)C(=O)[C@H](C(C)C)N(C)C(=O)[C@@H](CC(C)C)N(C)C(=O)[C@@H](CC(C)C)N(C)C(=O)[C@H](C)NC(=O)[C@@H](CC)NC(=O)[C@H](CC(C)C)N(C)C(=O)[C@H](C)C(C)C. The Kier molecular flexibility index (Phi) is 35.0. The van der Waals surface area contributed by atoms with E-state index < -0.39 is 138 Å². The van der Waals surface area contributed by atoms with E-state index in [-0.39, 0.29) is 67.1 Å². The van der Waals surface area contributed by atoms with Gasteiger partial charge in [0.05, 0.1) is 12.6 Å². The summed E-state index contributed by atoms with van der Waals surface area (Å²) in [5, 5.41) is 20.3. The monoisotopic (exact) mass is 1230 g/mol. The van der Waals surface area contributed by atoms with Gasteiger partial charge in [0, 0.05) is 55.3 Å². The molecule has 0 bridgehead atoms. The summed E-state index contributed by atoms with van der Waals surface area (Å²) < 4.78 is 0. The predicted octanol–water partition coefficient (Wildman–Crippen LogP) is 4.28. The van der Waals surface area contributed by atoms with Crippen molar-refractivity contribution in [1.82, 2.24) is 50.2 Å². The van der Waals surface area contributed by atoms with E-state index in [0.29, 0.717) is 19.3 Å². The molecule has 0 fully saturated rings. The summed E-state index contributed by atoms with van der Waals surface area (Å²) in [6, 6.07) is -10.4. The largest absolute Gasteiger partial charge is 0.390 e. The number of nitrogens with zero attached hydrogens (tertiary/aromatic N) is 7. The zero-order valence-corrected chi connectivity index (χ0v) is 57.8. The number of primary amides is 1. The number of nitrogens with two attached hydrogens (primary N) is 1. The van der Waals surface area contributed by atoms with Gasteiger partial charge < -0.3 is 61.1 Å². The molecule has 2 unspecified atom stereocenters. The molecule has 0 aromatic heterocycles. The molecule has 0 aliphatic rings. The quantitative estimate of drug-likeness (QED) is 0.0545. The summed E-state index contributed by atoms with van der Waals surface area (Å²) in [5.41, 5.74) is 5.66. The van der Waals surface area contributed by atoms with Gasteiger partial charge in [-0.25, -0.2) is 0 Å². The van der Waals surface area contributed by atoms with E-state index in [4.69, 9.17) is 5.73 Å². The van der Waals surface area contributed by atoms with Crippen LogP contribution >= 0.6 is 0 Å². The Balaban J connectivity index is 7.13. The van der Waals surface area contributed by atoms with Gasteiger partial charge in [0.15, 0.2) is 0 Å². The molecular weight excluding hydrogens is 1110 g/mol. The molecule has 0 saturated carbocycles. The van der Waals surface area contributed by atoms with Crippen molar-refractivity contribution < 1.29 is 57.8 Å². The number of aliphatic hydroxyl groups excluding tert-OH is 1. The molecule has 500 valence electrons. The van der Waals surface area contributed by atoms with Gasteiger partial charge in [0.2, 0.25) is 65.0 Å². The number of rotatable bonds is 37. The molecule has 0 aromatic rings. The van der Waals surface area contributed by atoms with Crippen LogP contribution in [-0.2, 0) is 52.7 Å². The molecule has 87 heavy (non-hydrogen) atoms. The molecule has 6 N–H and O–H groups in total. The van der Waals surface area contributed by atoms with Crippen molar-refractivity contribution in [3.63, 3.8) is 0 Å². The molecule has 11 amide bonds. The highest BCUT2D eigenvalue weighted by atomic mass is 16.3. The fourth-order valence-electron chi connectivity index (χ4n) is 10.7. The number of carbonyl (C=O) groups is 11. The third-order valence-corrected chi connectivity index (χ3v) is 17.0. The summed E-state index contributed by atoms with van der Waals surface area (Å²) in [6.07, 6.45) is 3.85. The second-order valence-corrected chi connectivity index (χ2v) is 26.2. The smallest absolute Gasteiger partial charge is 0.246 e. The van der Waals surface area contributed by atoms with Crippen molar-refractivity contribution in [2.45, 2.75) is 230 Å². The molecule has 0 heterocycles. The lowest BCUT2D eigenvalue weighted by molar-refractivity contribution is -0.157. The molecule has 0 aromatic carbocycles. The number of nitrogens with one attached hydrogen (secondary N) is 3. The highest BCUT2D eigenvalue weighted by molar-refractivity contribution is 5.99. The fraction of sp³-hybridized carbons (Fsp3) is 0.797. The average molecular weight is 1230 g/mol. The summed E-state index contributed by atoms with van der Waals surface area (Å²) in [6.45, 7) is 32.1. The Bertz CT molecular complexity index is 2330. The highest BCUT2D eigenvalue weighted by Crippen LogP contribution is 2.26. The molecule has 0 radical (unpaired) electrons. The van der Waals surface area contributed by atoms with E-state index in [1.165, 1.54) is 73.7 Å². The molecule has 0 saturated heterocycles. The van der Waals surface area contributed by atoms with E-state index in [1.54, 1.807) is 67.7 Å². The molecular formula is C64H117N11O12. The van der Waals surface area contributed by atoms with Crippen molar-refractivity contribution in [3.8, 4) is 0 Å². The minimum atomic E-state index is -1.60. The molecule has 23 heteroatoms. The zero-order valence-electron chi connectivity index (χ0n) is 57.8. The van der Waals surface area contributed by atoms with E-state index in [2.05, 4.69) is 16.0 Å². The van der Waals surface area contributed by atoms with Crippen LogP contribution in [0, 0.1) is 47.3 Å². The molecule has 0 spiro atoms. The molecule has 0 rings (SSSR count). The van der Waals surface area contributed by atoms with Gasteiger partial charge in [-0.1, -0.05) is 129 Å². The maximum absolute atomic E-state index is 15.1. The lowest BCUT2D eigenvalue weighted by Gasteiger charge is -2.41. The minimum absolute atomic E-state index is 0.0376. The summed E-state index contributed by atoms with van der Waals surface area (Å²) in [7, 11) is 10.1. The molecule has 0 aliphatic carbocycles. The normalized spacial score (nSPS) is 16.3. The van der Waals surface area contributed by atoms with E-state index in [9.17, 15) is 48.3 Å². The van der Waals surface area contributed by atoms with E-state index >= 15 is 9.59 Å². The van der Waals surface area contributed by atoms with Crippen molar-refractivity contribution in [1.29, 1.82) is 0 Å². The van der Waals surface area contributed by atoms with Crippen LogP contribution in [0.5, 0.6) is 0 Å². The van der Waals surface area contributed by atoms with E-state index in [1.807, 2.05) is 69.2 Å². The van der Waals surface area contributed by atoms with Crippen molar-refractivity contribution in [2.75, 3.05) is 55.9 Å². The first-order chi connectivity index (χ1) is 40.1. The first-order valence-electron chi connectivity index (χ1n) is 31.5. The van der Waals surface area contributed by atoms with Gasteiger partial charge in [-0.15, -0.1) is 0 Å². The van der Waals surface area contributed by atoms with Crippen LogP contribution in [-0.4, -0.2) is 221 Å². The highest BCUT2D eigenvalue weighted by Gasteiger charge is 2.45. The van der Waals surface area contributed by atoms with Crippen LogP contribution in [0.25, 0.3) is 0 Å². The van der Waals surface area contributed by atoms with Crippen LogP contribution in [0.4, 0.5) is 0 Å². The fourth-order valence-corrected chi connectivity index (χ4v) is 10.7. The second-order valence-electron chi connectivity index (χ2n) is 26.2. The average Bonchev–Trinajstić information content (AvgIpc) is 1.09. The maximum atomic E-state index is 15.1. The lowest BCUT2D eigenvalue weighted by atomic mass is 9.91. The maximum Gasteiger partial charge on any atom is 0.246 e. The van der Waals surface area contributed by atoms with Crippen LogP contribution in [0.3, 0.4) is 0 Å². The van der Waals surface area contributed by atoms with Gasteiger partial charge in [0.1, 0.15) is 54.4 Å². The Labute approximate surface area is 522 Å². The molecule has 0 aliphatic heterocycles. The number of aliphatic hydroxyl groups is 1. The van der Waals surface area contributed by atoms with E-state index in [0.717, 1.165) is 9.80 Å². The summed E-state index contributed by atoms with van der Waals surface area (Å²) >= 11 is 0. The molecule has 13 atom stereocenters. The Hall–Kier alpha value is -6.13. The summed E-state index contributed by atoms with van der Waals surface area (Å²) in [5.74, 6) is -8.63. The lowest BCUT2D eigenvalue weighted by Crippen LogP contribution is -2.63. The standard InChI is InChI=1S/C64H117N11O12/c1-26-30-31-42(16)54(77)53(58(81)68-46(29-4)61(84)69(19)35-50(76)73(23)52(55(65)78)41(15)27-2)75(25)64(87)51(40(13)14)74(24)63(86)49(34-38(9)10)72(22)62(85)48(33-37(7)8)71(21)60(83)44(18)66-56(79)45(28-3)67-57(80)47(32-36(5)6)70(20)59(82)43(17)39(11)12/h26,30,36-49,51-54,77H,27-29,31-35H2,1-25H3,(H2,65,78)(H,66,79)(H,67,80)(H,68,81)/b30-26+/t41?,42-,43-,44+,45-,46-,47+,48-,49-,51+,52+,53?,54+/m1/s1. The first kappa shape index (κ1) is 80.9. The van der Waals surface area contributed by atoms with Crippen LogP contribution in [0.15, 0.2) is 12.2 Å². The third-order valence-electron chi connectivity index (χ3n) is 17.0. The van der Waals surface area contributed by atoms with Gasteiger partial charge in [-0.2, -0.15) is 0 Å². The minimum Gasteiger partial charge on any atom is -0.390 e. The van der Waals surface area contributed by atoms with Crippen molar-refractivity contribution >= 4 is 65.0 Å². The Morgan fingerprint density at radius 3 is 1.31 bits per heavy atom. The van der Waals surface area contributed by atoms with Gasteiger partial charge in [0.25, 0.3) is 0 Å². The number of allylic oxidation sites excluding steroid dienone is 2. The number of hydrogen-bond donors (Lipinski definition) is 5. The first-order valence-corrected chi connectivity index (χ1v) is 31.5. The predicted molar refractivity (Wildman–Crippen MR) is 339 cm³/mol. The Morgan fingerprint density at radius 1 is 0.448 bits per heavy atom. The van der Waals surface area contributed by atoms with Crippen LogP contribution in [0.2, 0.25) is 0 Å². The number of carbonyl (C=O) groups excluding carboxylic acids is 11. The molecule has 23 nitrogen and oxygen atoms in total. The zero-order chi connectivity index (χ0) is 68.0. The van der Waals surface area contributed by atoms with Crippen LogP contribution < -0.4 is 21.7 Å². The second kappa shape index (κ2) is 37.7. The number of likely N-dealkylation sites (N-methyl/N-ethyl adjacent to an activating group) is 7. The summed E-state index contributed by atoms with van der Waals surface area (Å²) in [4.78, 5) is 164. The number of amides is 11. The number of hydrogen-bond acceptors (Lipinski definition) is 12. The topological polar surface area (TPSA) is 293 Å². The van der Waals surface area contributed by atoms with Gasteiger partial charge >= 0.3 is 0 Å². The Morgan fingerprint density at radius 2 is 0.885 bits per heavy atom. The van der Waals surface area contributed by atoms with Gasteiger partial charge in [-0.3, -0.25) is 52.7 Å². The van der Waals surface area contributed by atoms with Gasteiger partial charge in [-0.05, 0) is 93.8 Å². The van der Waals surface area contributed by atoms with Crippen LogP contribution in [0.1, 0.15) is 170 Å².